The molecule has 30 heavy (non-hydrogen) atoms. The summed E-state index contributed by atoms with van der Waals surface area (Å²) in [4.78, 5) is 12.9. The van der Waals surface area contributed by atoms with Crippen LogP contribution in [-0.2, 0) is 16.1 Å². The first-order valence-corrected chi connectivity index (χ1v) is 13.5. The molecule has 7 heteroatoms. The molecule has 1 aromatic heterocycles. The zero-order valence-electron chi connectivity index (χ0n) is 17.8. The second-order valence-electron chi connectivity index (χ2n) is 8.27. The Morgan fingerprint density at radius 3 is 2.57 bits per heavy atom. The fourth-order valence-electron chi connectivity index (χ4n) is 3.15. The number of methoxy groups -OCH3 is 1. The van der Waals surface area contributed by atoms with Gasteiger partial charge in [0.05, 0.1) is 19.3 Å². The minimum absolute atomic E-state index is 0.110. The minimum Gasteiger partial charge on any atom is -0.496 e. The van der Waals surface area contributed by atoms with Gasteiger partial charge in [0.2, 0.25) is 0 Å². The highest BCUT2D eigenvalue weighted by molar-refractivity contribution is 6.76. The van der Waals surface area contributed by atoms with Crippen molar-refractivity contribution in [3.63, 3.8) is 0 Å². The molecule has 0 aliphatic carbocycles. The van der Waals surface area contributed by atoms with Crippen LogP contribution >= 0.6 is 0 Å². The smallest absolute Gasteiger partial charge is 0.344 e. The molecule has 0 spiro atoms. The lowest BCUT2D eigenvalue weighted by molar-refractivity contribution is -0.0569. The number of halogens is 1. The normalized spacial score (nSPS) is 11.8. The molecule has 160 valence electrons. The van der Waals surface area contributed by atoms with Crippen LogP contribution in [0.2, 0.25) is 25.7 Å². The molecule has 5 nitrogen and oxygen atoms in total. The molecular formula is C23H27FO5Si. The minimum atomic E-state index is -1.18. The standard InChI is InChI=1S/C23H27FO5Si/c1-26-20-8-6-5-7-18(20)22-19(14-28-15-27-11-12-30(2,3)4)17-10-9-16(24)13-21(17)29-23(22)25/h5-10,13H,11-12,14-15H2,1-4H3. The molecule has 3 aromatic rings. The second-order valence-corrected chi connectivity index (χ2v) is 13.9. The molecule has 0 bridgehead atoms. The van der Waals surface area contributed by atoms with Crippen LogP contribution in [0.1, 0.15) is 5.56 Å². The monoisotopic (exact) mass is 430 g/mol. The average molecular weight is 431 g/mol. The van der Waals surface area contributed by atoms with E-state index in [1.807, 2.05) is 12.1 Å². The fraction of sp³-hybridized carbons (Fsp3) is 0.348. The van der Waals surface area contributed by atoms with E-state index >= 15 is 0 Å². The Morgan fingerprint density at radius 2 is 1.83 bits per heavy atom. The first kappa shape index (κ1) is 22.2. The molecular weight excluding hydrogens is 403 g/mol. The third-order valence-corrected chi connectivity index (χ3v) is 6.47. The summed E-state index contributed by atoms with van der Waals surface area (Å²) < 4.78 is 35.9. The van der Waals surface area contributed by atoms with Crippen molar-refractivity contribution in [3.8, 4) is 16.9 Å². The maximum absolute atomic E-state index is 13.7. The van der Waals surface area contributed by atoms with Crippen LogP contribution in [0.15, 0.2) is 51.7 Å². The van der Waals surface area contributed by atoms with Gasteiger partial charge >= 0.3 is 5.63 Å². The summed E-state index contributed by atoms with van der Waals surface area (Å²) in [6, 6.07) is 12.4. The van der Waals surface area contributed by atoms with Crippen LogP contribution in [0.25, 0.3) is 22.1 Å². The van der Waals surface area contributed by atoms with Gasteiger partial charge < -0.3 is 18.6 Å². The number of para-hydroxylation sites is 1. The topological polar surface area (TPSA) is 57.9 Å². The molecule has 3 rings (SSSR count). The van der Waals surface area contributed by atoms with Crippen LogP contribution in [0.3, 0.4) is 0 Å². The van der Waals surface area contributed by atoms with E-state index in [-0.39, 0.29) is 19.0 Å². The van der Waals surface area contributed by atoms with Crippen LogP contribution in [0.5, 0.6) is 5.75 Å². The molecule has 0 N–H and O–H groups in total. The summed E-state index contributed by atoms with van der Waals surface area (Å²) in [5, 5.41) is 0.610. The Hall–Kier alpha value is -2.48. The SMILES string of the molecule is COc1ccccc1-c1c(COCOCC[Si](C)(C)C)c2ccc(F)cc2oc1=O. The van der Waals surface area contributed by atoms with E-state index in [0.29, 0.717) is 34.4 Å². The summed E-state index contributed by atoms with van der Waals surface area (Å²) in [6.45, 7) is 7.71. The first-order valence-electron chi connectivity index (χ1n) is 9.84. The fourth-order valence-corrected chi connectivity index (χ4v) is 3.91. The van der Waals surface area contributed by atoms with E-state index in [1.165, 1.54) is 12.1 Å². The predicted octanol–water partition coefficient (Wildman–Crippen LogP) is 5.44. The van der Waals surface area contributed by atoms with Gasteiger partial charge in [-0.15, -0.1) is 0 Å². The lowest BCUT2D eigenvalue weighted by Gasteiger charge is -2.16. The zero-order valence-corrected chi connectivity index (χ0v) is 18.8. The molecule has 0 saturated carbocycles. The Labute approximate surface area is 176 Å². The number of rotatable bonds is 9. The van der Waals surface area contributed by atoms with Gasteiger partial charge in [-0.2, -0.15) is 0 Å². The van der Waals surface area contributed by atoms with E-state index in [1.54, 1.807) is 25.3 Å². The van der Waals surface area contributed by atoms with Crippen molar-refractivity contribution < 1.29 is 23.0 Å². The maximum atomic E-state index is 13.7. The Balaban J connectivity index is 1.95. The summed E-state index contributed by atoms with van der Waals surface area (Å²) >= 11 is 0. The van der Waals surface area contributed by atoms with Gasteiger partial charge in [0.15, 0.2) is 0 Å². The van der Waals surface area contributed by atoms with Crippen molar-refractivity contribution >= 4 is 19.0 Å². The van der Waals surface area contributed by atoms with Crippen molar-refractivity contribution in [1.82, 2.24) is 0 Å². The quantitative estimate of drug-likeness (QED) is 0.196. The highest BCUT2D eigenvalue weighted by atomic mass is 28.3. The van der Waals surface area contributed by atoms with Gasteiger partial charge in [-0.3, -0.25) is 0 Å². The molecule has 2 aromatic carbocycles. The van der Waals surface area contributed by atoms with Crippen molar-refractivity contribution in [2.45, 2.75) is 32.3 Å². The van der Waals surface area contributed by atoms with Gasteiger partial charge in [0.1, 0.15) is 23.9 Å². The van der Waals surface area contributed by atoms with E-state index in [2.05, 4.69) is 19.6 Å². The third kappa shape index (κ3) is 5.36. The number of hydrogen-bond donors (Lipinski definition) is 0. The van der Waals surface area contributed by atoms with Crippen molar-refractivity contribution in [1.29, 1.82) is 0 Å². The lowest BCUT2D eigenvalue weighted by atomic mass is 9.98. The van der Waals surface area contributed by atoms with Crippen LogP contribution in [-0.4, -0.2) is 28.6 Å². The largest absolute Gasteiger partial charge is 0.496 e. The van der Waals surface area contributed by atoms with E-state index in [4.69, 9.17) is 18.6 Å². The van der Waals surface area contributed by atoms with Gasteiger partial charge in [0.25, 0.3) is 0 Å². The molecule has 0 unspecified atom stereocenters. The van der Waals surface area contributed by atoms with Crippen LogP contribution in [0, 0.1) is 5.82 Å². The van der Waals surface area contributed by atoms with Gasteiger partial charge in [-0.1, -0.05) is 37.8 Å². The van der Waals surface area contributed by atoms with E-state index < -0.39 is 19.5 Å². The molecule has 0 aliphatic heterocycles. The molecule has 0 amide bonds. The summed E-state index contributed by atoms with van der Waals surface area (Å²) in [6.07, 6.45) is 0. The molecule has 0 saturated heterocycles. The lowest BCUT2D eigenvalue weighted by Crippen LogP contribution is -2.22. The summed E-state index contributed by atoms with van der Waals surface area (Å²) in [5.74, 6) is 0.0659. The predicted molar refractivity (Wildman–Crippen MR) is 118 cm³/mol. The number of ether oxygens (including phenoxy) is 3. The summed E-state index contributed by atoms with van der Waals surface area (Å²) in [7, 11) is 0.363. The highest BCUT2D eigenvalue weighted by Gasteiger charge is 2.20. The molecule has 1 heterocycles. The van der Waals surface area contributed by atoms with Gasteiger partial charge in [-0.05, 0) is 24.2 Å². The zero-order chi connectivity index (χ0) is 21.7. The molecule has 0 fully saturated rings. The highest BCUT2D eigenvalue weighted by Crippen LogP contribution is 2.33. The number of hydrogen-bond acceptors (Lipinski definition) is 5. The van der Waals surface area contributed by atoms with E-state index in [0.717, 1.165) is 6.04 Å². The van der Waals surface area contributed by atoms with Gasteiger partial charge in [0, 0.05) is 37.3 Å². The first-order chi connectivity index (χ1) is 14.3. The summed E-state index contributed by atoms with van der Waals surface area (Å²) in [5.41, 5.74) is 1.15. The Bertz CT molecular complexity index is 1070. The Kier molecular flexibility index (Phi) is 7.07. The maximum Gasteiger partial charge on any atom is 0.344 e. The number of fused-ring (bicyclic) bond motifs is 1. The van der Waals surface area contributed by atoms with Crippen molar-refractivity contribution in [3.05, 3.63) is 64.3 Å². The molecule has 0 radical (unpaired) electrons. The second kappa shape index (κ2) is 9.55. The van der Waals surface area contributed by atoms with E-state index in [9.17, 15) is 9.18 Å². The molecule has 0 aliphatic rings. The van der Waals surface area contributed by atoms with Crippen LogP contribution in [0.4, 0.5) is 4.39 Å². The van der Waals surface area contributed by atoms with Gasteiger partial charge in [-0.25, -0.2) is 9.18 Å². The Morgan fingerprint density at radius 1 is 1.07 bits per heavy atom. The average Bonchev–Trinajstić information content (AvgIpc) is 2.69. The van der Waals surface area contributed by atoms with Crippen molar-refractivity contribution in [2.75, 3.05) is 20.5 Å². The third-order valence-electron chi connectivity index (χ3n) is 4.76. The molecule has 0 atom stereocenters. The number of benzene rings is 2. The van der Waals surface area contributed by atoms with Crippen molar-refractivity contribution in [2.24, 2.45) is 0 Å². The van der Waals surface area contributed by atoms with Crippen LogP contribution < -0.4 is 10.4 Å².